The van der Waals surface area contributed by atoms with Crippen molar-refractivity contribution in [3.63, 3.8) is 0 Å². The van der Waals surface area contributed by atoms with Crippen LogP contribution in [0.2, 0.25) is 5.02 Å². The average Bonchev–Trinajstić information content (AvgIpc) is 3.10. The van der Waals surface area contributed by atoms with Crippen LogP contribution in [0.15, 0.2) is 42.7 Å². The van der Waals surface area contributed by atoms with Crippen LogP contribution in [0.4, 0.5) is 0 Å². The van der Waals surface area contributed by atoms with Gasteiger partial charge in [-0.25, -0.2) is 0 Å². The number of hydrogen-bond donors (Lipinski definition) is 0. The van der Waals surface area contributed by atoms with E-state index in [1.165, 1.54) is 18.4 Å². The van der Waals surface area contributed by atoms with E-state index in [0.29, 0.717) is 17.9 Å². The molecule has 1 saturated carbocycles. The van der Waals surface area contributed by atoms with Gasteiger partial charge in [-0.05, 0) is 72.9 Å². The van der Waals surface area contributed by atoms with Crippen molar-refractivity contribution in [1.29, 1.82) is 0 Å². The van der Waals surface area contributed by atoms with E-state index in [1.807, 2.05) is 12.1 Å². The number of benzene rings is 1. The molecule has 2 heterocycles. The first kappa shape index (κ1) is 17.5. The maximum atomic E-state index is 12.1. The predicted octanol–water partition coefficient (Wildman–Crippen LogP) is 5.13. The summed E-state index contributed by atoms with van der Waals surface area (Å²) < 4.78 is 0. The smallest absolute Gasteiger partial charge is 0.222 e. The van der Waals surface area contributed by atoms with Gasteiger partial charge in [-0.15, -0.1) is 0 Å². The number of aromatic nitrogens is 1. The largest absolute Gasteiger partial charge is 0.340 e. The number of nitrogens with zero attached hydrogens (tertiary/aromatic N) is 2. The molecule has 2 aromatic rings. The Morgan fingerprint density at radius 2 is 1.92 bits per heavy atom. The summed E-state index contributed by atoms with van der Waals surface area (Å²) in [4.78, 5) is 18.3. The second-order valence-electron chi connectivity index (χ2n) is 7.62. The van der Waals surface area contributed by atoms with Gasteiger partial charge >= 0.3 is 0 Å². The van der Waals surface area contributed by atoms with Crippen molar-refractivity contribution >= 4 is 17.5 Å². The van der Waals surface area contributed by atoms with Gasteiger partial charge in [0, 0.05) is 36.4 Å². The Morgan fingerprint density at radius 3 is 2.65 bits per heavy atom. The van der Waals surface area contributed by atoms with Crippen molar-refractivity contribution in [2.75, 3.05) is 6.54 Å². The molecule has 2 fully saturated rings. The highest BCUT2D eigenvalue weighted by molar-refractivity contribution is 6.31. The fourth-order valence-corrected chi connectivity index (χ4v) is 4.79. The third kappa shape index (κ3) is 3.78. The molecule has 0 radical (unpaired) electrons. The van der Waals surface area contributed by atoms with E-state index in [9.17, 15) is 4.79 Å². The van der Waals surface area contributed by atoms with Crippen LogP contribution in [-0.2, 0) is 11.2 Å². The molecule has 0 N–H and O–H groups in total. The average molecular weight is 369 g/mol. The minimum absolute atomic E-state index is 0.357. The normalized spacial score (nSPS) is 23.4. The summed E-state index contributed by atoms with van der Waals surface area (Å²) in [6, 6.07) is 10.8. The molecule has 0 bridgehead atoms. The Morgan fingerprint density at radius 1 is 1.08 bits per heavy atom. The predicted molar refractivity (Wildman–Crippen MR) is 105 cm³/mol. The molecule has 3 nitrogen and oxygen atoms in total. The Labute approximate surface area is 160 Å². The highest BCUT2D eigenvalue weighted by atomic mass is 35.5. The topological polar surface area (TPSA) is 33.2 Å². The Bertz CT molecular complexity index is 777. The third-order valence-corrected chi connectivity index (χ3v) is 6.23. The van der Waals surface area contributed by atoms with E-state index in [1.54, 1.807) is 12.4 Å². The maximum absolute atomic E-state index is 12.1. The van der Waals surface area contributed by atoms with Crippen molar-refractivity contribution in [1.82, 2.24) is 9.88 Å². The summed E-state index contributed by atoms with van der Waals surface area (Å²) in [6.07, 6.45) is 11.1. The van der Waals surface area contributed by atoms with Crippen LogP contribution in [0, 0.1) is 5.92 Å². The van der Waals surface area contributed by atoms with Crippen molar-refractivity contribution in [2.45, 2.75) is 51.0 Å². The first-order valence-electron chi connectivity index (χ1n) is 9.69. The Hall–Kier alpha value is -1.87. The van der Waals surface area contributed by atoms with Gasteiger partial charge in [0.15, 0.2) is 0 Å². The number of amides is 1. The minimum Gasteiger partial charge on any atom is -0.340 e. The van der Waals surface area contributed by atoms with Crippen molar-refractivity contribution in [3.8, 4) is 11.1 Å². The monoisotopic (exact) mass is 368 g/mol. The van der Waals surface area contributed by atoms with E-state index in [2.05, 4.69) is 28.1 Å². The van der Waals surface area contributed by atoms with Crippen LogP contribution in [0.5, 0.6) is 0 Å². The molecular formula is C22H25ClN2O. The lowest BCUT2D eigenvalue weighted by Crippen LogP contribution is -2.39. The van der Waals surface area contributed by atoms with Gasteiger partial charge in [0.25, 0.3) is 0 Å². The lowest BCUT2D eigenvalue weighted by atomic mass is 9.81. The fraction of sp³-hybridized carbons (Fsp3) is 0.455. The first-order valence-corrected chi connectivity index (χ1v) is 10.1. The quantitative estimate of drug-likeness (QED) is 0.749. The lowest BCUT2D eigenvalue weighted by Gasteiger charge is -2.35. The van der Waals surface area contributed by atoms with E-state index < -0.39 is 0 Å². The van der Waals surface area contributed by atoms with Gasteiger partial charge in [-0.2, -0.15) is 0 Å². The summed E-state index contributed by atoms with van der Waals surface area (Å²) in [5.74, 6) is 0.974. The molecule has 0 spiro atoms. The van der Waals surface area contributed by atoms with Crippen LogP contribution < -0.4 is 0 Å². The zero-order valence-electron chi connectivity index (χ0n) is 15.0. The molecule has 4 rings (SSSR count). The zero-order chi connectivity index (χ0) is 17.9. The van der Waals surface area contributed by atoms with Gasteiger partial charge < -0.3 is 4.90 Å². The second kappa shape index (κ2) is 7.79. The number of pyridine rings is 1. The standard InChI is InChI=1S/C22H25ClN2O/c23-21-15-18(17-8-10-24-11-9-17)6-7-19(21)13-16-3-1-4-20(14-16)25-12-2-5-22(25)26/h6-11,15-16,20H,1-5,12-14H2. The molecule has 1 aliphatic heterocycles. The maximum Gasteiger partial charge on any atom is 0.222 e. The van der Waals surface area contributed by atoms with Crippen LogP contribution in [0.1, 0.15) is 44.1 Å². The minimum atomic E-state index is 0.357. The molecule has 4 heteroatoms. The van der Waals surface area contributed by atoms with Gasteiger partial charge in [-0.1, -0.05) is 30.2 Å². The summed E-state index contributed by atoms with van der Waals surface area (Å²) in [5, 5.41) is 0.846. The highest BCUT2D eigenvalue weighted by Gasteiger charge is 2.32. The zero-order valence-corrected chi connectivity index (χ0v) is 15.8. The second-order valence-corrected chi connectivity index (χ2v) is 8.03. The van der Waals surface area contributed by atoms with E-state index in [-0.39, 0.29) is 0 Å². The molecule has 2 atom stereocenters. The van der Waals surface area contributed by atoms with Crippen LogP contribution in [-0.4, -0.2) is 28.4 Å². The molecule has 1 aromatic carbocycles. The molecule has 136 valence electrons. The number of likely N-dealkylation sites (tertiary alicyclic amines) is 1. The van der Waals surface area contributed by atoms with E-state index in [0.717, 1.165) is 54.8 Å². The Kier molecular flexibility index (Phi) is 5.26. The Balaban J connectivity index is 1.44. The molecular weight excluding hydrogens is 344 g/mol. The molecule has 1 saturated heterocycles. The highest BCUT2D eigenvalue weighted by Crippen LogP contribution is 2.34. The fourth-order valence-electron chi connectivity index (χ4n) is 4.53. The number of rotatable bonds is 4. The molecule has 1 amide bonds. The lowest BCUT2D eigenvalue weighted by molar-refractivity contribution is -0.130. The molecule has 1 aromatic heterocycles. The SMILES string of the molecule is O=C1CCCN1C1CCCC(Cc2ccc(-c3ccncc3)cc2Cl)C1. The van der Waals surface area contributed by atoms with Crippen molar-refractivity contribution < 1.29 is 4.79 Å². The number of hydrogen-bond acceptors (Lipinski definition) is 2. The summed E-state index contributed by atoms with van der Waals surface area (Å²) in [6.45, 7) is 0.956. The van der Waals surface area contributed by atoms with Gasteiger partial charge in [0.1, 0.15) is 0 Å². The summed E-state index contributed by atoms with van der Waals surface area (Å²) >= 11 is 6.61. The van der Waals surface area contributed by atoms with Crippen LogP contribution >= 0.6 is 11.6 Å². The van der Waals surface area contributed by atoms with E-state index in [4.69, 9.17) is 11.6 Å². The third-order valence-electron chi connectivity index (χ3n) is 5.88. The van der Waals surface area contributed by atoms with Crippen molar-refractivity contribution in [2.24, 2.45) is 5.92 Å². The summed E-state index contributed by atoms with van der Waals surface area (Å²) in [5.41, 5.74) is 3.49. The number of halogens is 1. The number of carbonyl (C=O) groups excluding carboxylic acids is 1. The van der Waals surface area contributed by atoms with Crippen LogP contribution in [0.25, 0.3) is 11.1 Å². The first-order chi connectivity index (χ1) is 12.7. The summed E-state index contributed by atoms with van der Waals surface area (Å²) in [7, 11) is 0. The van der Waals surface area contributed by atoms with E-state index >= 15 is 0 Å². The molecule has 1 aliphatic carbocycles. The van der Waals surface area contributed by atoms with Gasteiger partial charge in [-0.3, -0.25) is 9.78 Å². The van der Waals surface area contributed by atoms with Crippen LogP contribution in [0.3, 0.4) is 0 Å². The van der Waals surface area contributed by atoms with Crippen molar-refractivity contribution in [3.05, 3.63) is 53.3 Å². The molecule has 26 heavy (non-hydrogen) atoms. The van der Waals surface area contributed by atoms with Gasteiger partial charge in [0.2, 0.25) is 5.91 Å². The molecule has 2 unspecified atom stereocenters. The molecule has 2 aliphatic rings. The number of carbonyl (C=O) groups is 1. The van der Waals surface area contributed by atoms with Gasteiger partial charge in [0.05, 0.1) is 0 Å².